The monoisotopic (exact) mass is 341 g/mol. The smallest absolute Gasteiger partial charge is 0.293 e. The number of thioether (sulfide) groups is 1. The maximum absolute atomic E-state index is 12.1. The molecule has 0 aliphatic carbocycles. The van der Waals surface area contributed by atoms with E-state index in [4.69, 9.17) is 21.1 Å². The number of imide groups is 1. The van der Waals surface area contributed by atoms with Gasteiger partial charge in [-0.15, -0.1) is 0 Å². The fraction of sp³-hybridized carbons (Fsp3) is 0.333. The highest BCUT2D eigenvalue weighted by Gasteiger charge is 2.33. The lowest BCUT2D eigenvalue weighted by molar-refractivity contribution is -0.122. The SMILES string of the molecule is CCOc1cc(/C=C2/SC(=O)N(CC)C2=O)cc(Cl)c1OC. The van der Waals surface area contributed by atoms with Crippen LogP contribution in [0.3, 0.4) is 0 Å². The predicted molar refractivity (Wildman–Crippen MR) is 87.5 cm³/mol. The van der Waals surface area contributed by atoms with Crippen LogP contribution in [0.2, 0.25) is 5.02 Å². The maximum atomic E-state index is 12.1. The molecule has 1 fully saturated rings. The van der Waals surface area contributed by atoms with Crippen LogP contribution in [0.15, 0.2) is 17.0 Å². The first-order valence-corrected chi connectivity index (χ1v) is 7.96. The lowest BCUT2D eigenvalue weighted by Gasteiger charge is -2.12. The Hall–Kier alpha value is -1.66. The molecule has 0 bridgehead atoms. The molecule has 0 aromatic heterocycles. The average Bonchev–Trinajstić information content (AvgIpc) is 2.73. The second kappa shape index (κ2) is 7.07. The summed E-state index contributed by atoms with van der Waals surface area (Å²) in [6.45, 7) is 4.43. The maximum Gasteiger partial charge on any atom is 0.293 e. The molecule has 0 N–H and O–H groups in total. The number of amides is 2. The van der Waals surface area contributed by atoms with Gasteiger partial charge < -0.3 is 9.47 Å². The number of benzene rings is 1. The first-order chi connectivity index (χ1) is 10.5. The van der Waals surface area contributed by atoms with E-state index in [9.17, 15) is 9.59 Å². The molecule has 1 aliphatic heterocycles. The summed E-state index contributed by atoms with van der Waals surface area (Å²) in [6.07, 6.45) is 1.63. The molecule has 2 rings (SSSR count). The highest BCUT2D eigenvalue weighted by molar-refractivity contribution is 8.18. The number of likely N-dealkylation sites (N-methyl/N-ethyl adjacent to an activating group) is 1. The van der Waals surface area contributed by atoms with Crippen molar-refractivity contribution in [1.29, 1.82) is 0 Å². The van der Waals surface area contributed by atoms with E-state index in [2.05, 4.69) is 0 Å². The molecule has 1 heterocycles. The summed E-state index contributed by atoms with van der Waals surface area (Å²) in [6, 6.07) is 3.40. The highest BCUT2D eigenvalue weighted by atomic mass is 35.5. The van der Waals surface area contributed by atoms with E-state index < -0.39 is 0 Å². The zero-order valence-electron chi connectivity index (χ0n) is 12.5. The molecule has 22 heavy (non-hydrogen) atoms. The lowest BCUT2D eigenvalue weighted by Crippen LogP contribution is -2.27. The quantitative estimate of drug-likeness (QED) is 0.762. The van der Waals surface area contributed by atoms with Crippen molar-refractivity contribution in [2.75, 3.05) is 20.3 Å². The van der Waals surface area contributed by atoms with Crippen LogP contribution in [-0.2, 0) is 4.79 Å². The molecular weight excluding hydrogens is 326 g/mol. The normalized spacial score (nSPS) is 16.5. The van der Waals surface area contributed by atoms with E-state index in [1.807, 2.05) is 6.92 Å². The zero-order valence-corrected chi connectivity index (χ0v) is 14.1. The fourth-order valence-corrected chi connectivity index (χ4v) is 3.26. The topological polar surface area (TPSA) is 55.8 Å². The summed E-state index contributed by atoms with van der Waals surface area (Å²) in [4.78, 5) is 25.4. The minimum atomic E-state index is -0.289. The molecule has 0 spiro atoms. The molecule has 1 aliphatic rings. The van der Waals surface area contributed by atoms with Crippen LogP contribution in [0.1, 0.15) is 19.4 Å². The summed E-state index contributed by atoms with van der Waals surface area (Å²) in [7, 11) is 1.51. The van der Waals surface area contributed by atoms with Gasteiger partial charge in [0.05, 0.1) is 23.6 Å². The number of ether oxygens (including phenoxy) is 2. The Balaban J connectivity index is 2.40. The van der Waals surface area contributed by atoms with E-state index in [0.717, 1.165) is 11.8 Å². The highest BCUT2D eigenvalue weighted by Crippen LogP contribution is 2.38. The van der Waals surface area contributed by atoms with Gasteiger partial charge in [-0.05, 0) is 49.4 Å². The van der Waals surface area contributed by atoms with Crippen LogP contribution in [0, 0.1) is 0 Å². The Morgan fingerprint density at radius 2 is 2.05 bits per heavy atom. The fourth-order valence-electron chi connectivity index (χ4n) is 2.06. The van der Waals surface area contributed by atoms with Crippen molar-refractivity contribution in [3.8, 4) is 11.5 Å². The van der Waals surface area contributed by atoms with Crippen LogP contribution in [0.5, 0.6) is 11.5 Å². The van der Waals surface area contributed by atoms with Gasteiger partial charge >= 0.3 is 0 Å². The molecule has 0 radical (unpaired) electrons. The van der Waals surface area contributed by atoms with E-state index in [0.29, 0.717) is 40.1 Å². The Bertz CT molecular complexity index is 645. The largest absolute Gasteiger partial charge is 0.491 e. The molecule has 7 heteroatoms. The van der Waals surface area contributed by atoms with E-state index >= 15 is 0 Å². The van der Waals surface area contributed by atoms with E-state index in [-0.39, 0.29) is 11.1 Å². The predicted octanol–water partition coefficient (Wildman–Crippen LogP) is 3.80. The van der Waals surface area contributed by atoms with Crippen molar-refractivity contribution >= 4 is 40.6 Å². The Labute approximate surface area is 138 Å². The van der Waals surface area contributed by atoms with Gasteiger partial charge in [-0.2, -0.15) is 0 Å². The van der Waals surface area contributed by atoms with Crippen LogP contribution in [0.25, 0.3) is 6.08 Å². The van der Waals surface area contributed by atoms with Gasteiger partial charge in [0.15, 0.2) is 11.5 Å². The molecule has 1 saturated heterocycles. The molecule has 2 amide bonds. The van der Waals surface area contributed by atoms with Crippen molar-refractivity contribution in [2.24, 2.45) is 0 Å². The van der Waals surface area contributed by atoms with E-state index in [1.165, 1.54) is 12.0 Å². The average molecular weight is 342 g/mol. The lowest BCUT2D eigenvalue weighted by atomic mass is 10.1. The van der Waals surface area contributed by atoms with Crippen LogP contribution < -0.4 is 9.47 Å². The standard InChI is InChI=1S/C15H16ClNO4S/c1-4-17-14(18)12(22-15(17)19)8-9-6-10(16)13(20-3)11(7-9)21-5-2/h6-8H,4-5H2,1-3H3/b12-8+. The number of nitrogens with zero attached hydrogens (tertiary/aromatic N) is 1. The van der Waals surface area contributed by atoms with Gasteiger partial charge in [-0.3, -0.25) is 14.5 Å². The van der Waals surface area contributed by atoms with Crippen molar-refractivity contribution in [2.45, 2.75) is 13.8 Å². The molecule has 118 valence electrons. The van der Waals surface area contributed by atoms with Crippen LogP contribution in [-0.4, -0.2) is 36.3 Å². The number of hydrogen-bond donors (Lipinski definition) is 0. The summed E-state index contributed by atoms with van der Waals surface area (Å²) < 4.78 is 10.7. The molecule has 1 aromatic rings. The van der Waals surface area contributed by atoms with Crippen molar-refractivity contribution < 1.29 is 19.1 Å². The third-order valence-electron chi connectivity index (χ3n) is 3.02. The second-order valence-corrected chi connectivity index (χ2v) is 5.79. The third kappa shape index (κ3) is 3.23. The summed E-state index contributed by atoms with van der Waals surface area (Å²) in [5, 5.41) is 0.123. The Morgan fingerprint density at radius 3 is 2.59 bits per heavy atom. The number of halogens is 1. The van der Waals surface area contributed by atoms with Gasteiger partial charge in [0.2, 0.25) is 0 Å². The van der Waals surface area contributed by atoms with Crippen molar-refractivity contribution in [3.63, 3.8) is 0 Å². The second-order valence-electron chi connectivity index (χ2n) is 4.39. The first kappa shape index (κ1) is 16.7. The molecular formula is C15H16ClNO4S. The number of carbonyl (C=O) groups is 2. The van der Waals surface area contributed by atoms with Gasteiger partial charge in [-0.1, -0.05) is 11.6 Å². The minimum absolute atomic E-state index is 0.261. The molecule has 0 saturated carbocycles. The number of rotatable bonds is 5. The first-order valence-electron chi connectivity index (χ1n) is 6.77. The van der Waals surface area contributed by atoms with Crippen LogP contribution in [0.4, 0.5) is 4.79 Å². The van der Waals surface area contributed by atoms with Gasteiger partial charge in [0.25, 0.3) is 11.1 Å². The molecule has 5 nitrogen and oxygen atoms in total. The zero-order chi connectivity index (χ0) is 16.3. The number of methoxy groups -OCH3 is 1. The summed E-state index contributed by atoms with van der Waals surface area (Å²) >= 11 is 7.09. The third-order valence-corrected chi connectivity index (χ3v) is 4.21. The summed E-state index contributed by atoms with van der Waals surface area (Å²) in [5.41, 5.74) is 0.677. The number of carbonyl (C=O) groups excluding carboxylic acids is 2. The van der Waals surface area contributed by atoms with Crippen molar-refractivity contribution in [3.05, 3.63) is 27.6 Å². The summed E-state index contributed by atoms with van der Waals surface area (Å²) in [5.74, 6) is 0.656. The Morgan fingerprint density at radius 1 is 1.32 bits per heavy atom. The van der Waals surface area contributed by atoms with Gasteiger partial charge in [-0.25, -0.2) is 0 Å². The molecule has 0 atom stereocenters. The van der Waals surface area contributed by atoms with Gasteiger partial charge in [0.1, 0.15) is 0 Å². The van der Waals surface area contributed by atoms with Gasteiger partial charge in [0, 0.05) is 6.54 Å². The van der Waals surface area contributed by atoms with Crippen LogP contribution >= 0.6 is 23.4 Å². The van der Waals surface area contributed by atoms with Crippen molar-refractivity contribution in [1.82, 2.24) is 4.90 Å². The molecule has 0 unspecified atom stereocenters. The van der Waals surface area contributed by atoms with E-state index in [1.54, 1.807) is 25.1 Å². The number of hydrogen-bond acceptors (Lipinski definition) is 5. The Kier molecular flexibility index (Phi) is 5.37. The minimum Gasteiger partial charge on any atom is -0.491 e. The molecule has 1 aromatic carbocycles.